The van der Waals surface area contributed by atoms with E-state index in [1.165, 1.54) is 17.8 Å². The van der Waals surface area contributed by atoms with Gasteiger partial charge in [0.2, 0.25) is 0 Å². The van der Waals surface area contributed by atoms with E-state index in [0.717, 1.165) is 6.04 Å². The van der Waals surface area contributed by atoms with Crippen LogP contribution in [-0.4, -0.2) is 23.0 Å². The van der Waals surface area contributed by atoms with Crippen molar-refractivity contribution in [3.8, 4) is 0 Å². The first-order chi connectivity index (χ1) is 5.79. The van der Waals surface area contributed by atoms with Gasteiger partial charge in [0.25, 0.3) is 0 Å². The molecule has 1 aliphatic rings. The molecule has 1 heterocycles. The van der Waals surface area contributed by atoms with Crippen molar-refractivity contribution in [3.05, 3.63) is 16.6 Å². The molecular weight excluding hydrogens is 168 g/mol. The molecule has 1 saturated carbocycles. The summed E-state index contributed by atoms with van der Waals surface area (Å²) in [6.07, 6.45) is 4.62. The van der Waals surface area contributed by atoms with E-state index in [4.69, 9.17) is 0 Å². The third-order valence-electron chi connectivity index (χ3n) is 2.54. The highest BCUT2D eigenvalue weighted by Gasteiger charge is 2.30. The van der Waals surface area contributed by atoms with Gasteiger partial charge in [-0.2, -0.15) is 0 Å². The SMILES string of the molecule is CC(c1nccs1)N(C)C1CC1. The van der Waals surface area contributed by atoms with Crippen LogP contribution in [0.4, 0.5) is 0 Å². The van der Waals surface area contributed by atoms with Crippen molar-refractivity contribution in [3.63, 3.8) is 0 Å². The van der Waals surface area contributed by atoms with Gasteiger partial charge in [-0.1, -0.05) is 0 Å². The van der Waals surface area contributed by atoms with E-state index in [2.05, 4.69) is 23.9 Å². The molecule has 1 aromatic rings. The lowest BCUT2D eigenvalue weighted by Gasteiger charge is -2.22. The summed E-state index contributed by atoms with van der Waals surface area (Å²) in [6, 6.07) is 1.32. The number of rotatable bonds is 3. The molecule has 3 heteroatoms. The van der Waals surface area contributed by atoms with Gasteiger partial charge in [-0.05, 0) is 26.8 Å². The monoisotopic (exact) mass is 182 g/mol. The number of thiazole rings is 1. The first-order valence-electron chi connectivity index (χ1n) is 4.40. The molecule has 0 saturated heterocycles. The van der Waals surface area contributed by atoms with E-state index in [9.17, 15) is 0 Å². The average molecular weight is 182 g/mol. The molecule has 0 bridgehead atoms. The Bertz CT molecular complexity index is 241. The van der Waals surface area contributed by atoms with Crippen LogP contribution >= 0.6 is 11.3 Å². The Hall–Kier alpha value is -0.410. The molecule has 0 aromatic carbocycles. The Labute approximate surface area is 77.2 Å². The van der Waals surface area contributed by atoms with Crippen molar-refractivity contribution in [2.45, 2.75) is 31.8 Å². The maximum atomic E-state index is 4.32. The fourth-order valence-electron chi connectivity index (χ4n) is 1.41. The second kappa shape index (κ2) is 3.15. The third kappa shape index (κ3) is 1.52. The van der Waals surface area contributed by atoms with Crippen molar-refractivity contribution in [2.75, 3.05) is 7.05 Å². The van der Waals surface area contributed by atoms with Crippen LogP contribution in [0.25, 0.3) is 0 Å². The Kier molecular flexibility index (Phi) is 2.15. The topological polar surface area (TPSA) is 16.1 Å². The molecule has 1 aromatic heterocycles. The van der Waals surface area contributed by atoms with Crippen molar-refractivity contribution in [1.82, 2.24) is 9.88 Å². The Morgan fingerprint density at radius 1 is 1.67 bits per heavy atom. The minimum atomic E-state index is 0.498. The van der Waals surface area contributed by atoms with Crippen LogP contribution in [0.5, 0.6) is 0 Å². The molecule has 2 nitrogen and oxygen atoms in total. The summed E-state index contributed by atoms with van der Waals surface area (Å²) in [4.78, 5) is 6.75. The molecular formula is C9H14N2S. The predicted molar refractivity (Wildman–Crippen MR) is 51.3 cm³/mol. The Morgan fingerprint density at radius 3 is 2.92 bits per heavy atom. The highest BCUT2D eigenvalue weighted by molar-refractivity contribution is 7.09. The summed E-state index contributed by atoms with van der Waals surface area (Å²) >= 11 is 1.75. The smallest absolute Gasteiger partial charge is 0.109 e. The normalized spacial score (nSPS) is 19.9. The lowest BCUT2D eigenvalue weighted by atomic mass is 10.3. The van der Waals surface area contributed by atoms with Gasteiger partial charge in [0.15, 0.2) is 0 Å². The van der Waals surface area contributed by atoms with Gasteiger partial charge in [-0.25, -0.2) is 4.98 Å². The van der Waals surface area contributed by atoms with Gasteiger partial charge in [-0.15, -0.1) is 11.3 Å². The number of hydrogen-bond acceptors (Lipinski definition) is 3. The zero-order valence-electron chi connectivity index (χ0n) is 7.53. The van der Waals surface area contributed by atoms with E-state index in [0.29, 0.717) is 6.04 Å². The number of nitrogens with zero attached hydrogens (tertiary/aromatic N) is 2. The zero-order chi connectivity index (χ0) is 8.55. The van der Waals surface area contributed by atoms with Gasteiger partial charge >= 0.3 is 0 Å². The Balaban J connectivity index is 2.03. The van der Waals surface area contributed by atoms with Gasteiger partial charge in [-0.3, -0.25) is 4.90 Å². The summed E-state index contributed by atoms with van der Waals surface area (Å²) in [5.41, 5.74) is 0. The average Bonchev–Trinajstić information content (AvgIpc) is 2.79. The molecule has 1 fully saturated rings. The minimum Gasteiger partial charge on any atom is -0.294 e. The largest absolute Gasteiger partial charge is 0.294 e. The molecule has 12 heavy (non-hydrogen) atoms. The van der Waals surface area contributed by atoms with E-state index >= 15 is 0 Å². The first-order valence-corrected chi connectivity index (χ1v) is 5.28. The summed E-state index contributed by atoms with van der Waals surface area (Å²) in [6.45, 7) is 2.23. The minimum absolute atomic E-state index is 0.498. The van der Waals surface area contributed by atoms with Crippen LogP contribution in [0.2, 0.25) is 0 Å². The first kappa shape index (κ1) is 8.20. The van der Waals surface area contributed by atoms with Crippen molar-refractivity contribution in [2.24, 2.45) is 0 Å². The van der Waals surface area contributed by atoms with Crippen molar-refractivity contribution >= 4 is 11.3 Å². The predicted octanol–water partition coefficient (Wildman–Crippen LogP) is 2.30. The van der Waals surface area contributed by atoms with Crippen LogP contribution in [0, 0.1) is 0 Å². The van der Waals surface area contributed by atoms with Crippen LogP contribution in [-0.2, 0) is 0 Å². The Morgan fingerprint density at radius 2 is 2.42 bits per heavy atom. The molecule has 0 amide bonds. The highest BCUT2D eigenvalue weighted by Crippen LogP contribution is 2.32. The molecule has 0 aliphatic heterocycles. The fourth-order valence-corrected chi connectivity index (χ4v) is 2.16. The maximum absolute atomic E-state index is 4.32. The van der Waals surface area contributed by atoms with E-state index in [-0.39, 0.29) is 0 Å². The molecule has 0 spiro atoms. The van der Waals surface area contributed by atoms with Crippen molar-refractivity contribution < 1.29 is 0 Å². The lowest BCUT2D eigenvalue weighted by molar-refractivity contribution is 0.251. The summed E-state index contributed by atoms with van der Waals surface area (Å²) < 4.78 is 0. The van der Waals surface area contributed by atoms with E-state index in [1.54, 1.807) is 11.3 Å². The van der Waals surface area contributed by atoms with Crippen LogP contribution < -0.4 is 0 Å². The molecule has 2 rings (SSSR count). The quantitative estimate of drug-likeness (QED) is 0.713. The standard InChI is InChI=1S/C9H14N2S/c1-7(9-10-5-6-12-9)11(2)8-3-4-8/h5-8H,3-4H2,1-2H3. The van der Waals surface area contributed by atoms with Gasteiger partial charge in [0.1, 0.15) is 5.01 Å². The number of hydrogen-bond donors (Lipinski definition) is 0. The molecule has 1 aliphatic carbocycles. The molecule has 1 unspecified atom stereocenters. The summed E-state index contributed by atoms with van der Waals surface area (Å²) in [7, 11) is 2.20. The van der Waals surface area contributed by atoms with Gasteiger partial charge in [0.05, 0.1) is 6.04 Å². The fraction of sp³-hybridized carbons (Fsp3) is 0.667. The lowest BCUT2D eigenvalue weighted by Crippen LogP contribution is -2.24. The van der Waals surface area contributed by atoms with Crippen LogP contribution in [0.15, 0.2) is 11.6 Å². The molecule has 66 valence electrons. The van der Waals surface area contributed by atoms with Crippen LogP contribution in [0.3, 0.4) is 0 Å². The second-order valence-electron chi connectivity index (χ2n) is 3.44. The van der Waals surface area contributed by atoms with Crippen molar-refractivity contribution in [1.29, 1.82) is 0 Å². The van der Waals surface area contributed by atoms with E-state index < -0.39 is 0 Å². The van der Waals surface area contributed by atoms with E-state index in [1.807, 2.05) is 11.6 Å². The zero-order valence-corrected chi connectivity index (χ0v) is 8.34. The van der Waals surface area contributed by atoms with Gasteiger partial charge in [0, 0.05) is 17.6 Å². The third-order valence-corrected chi connectivity index (χ3v) is 3.49. The maximum Gasteiger partial charge on any atom is 0.109 e. The molecule has 1 atom stereocenters. The molecule has 0 radical (unpaired) electrons. The second-order valence-corrected chi connectivity index (χ2v) is 4.37. The number of aromatic nitrogens is 1. The highest BCUT2D eigenvalue weighted by atomic mass is 32.1. The van der Waals surface area contributed by atoms with Crippen LogP contribution in [0.1, 0.15) is 30.8 Å². The van der Waals surface area contributed by atoms with Gasteiger partial charge < -0.3 is 0 Å². The summed E-state index contributed by atoms with van der Waals surface area (Å²) in [5, 5.41) is 3.29. The summed E-state index contributed by atoms with van der Waals surface area (Å²) in [5.74, 6) is 0. The molecule has 0 N–H and O–H groups in total.